The largest absolute Gasteiger partial charge is 0.478 e. The zero-order valence-corrected chi connectivity index (χ0v) is 15.4. The van der Waals surface area contributed by atoms with E-state index in [4.69, 9.17) is 33.6 Å². The van der Waals surface area contributed by atoms with Crippen LogP contribution in [-0.2, 0) is 0 Å². The Kier molecular flexibility index (Phi) is 7.22. The third kappa shape index (κ3) is 5.37. The van der Waals surface area contributed by atoms with Gasteiger partial charge in [0, 0.05) is 12.1 Å². The number of hydrogen-bond acceptors (Lipinski definition) is 6. The number of nitrogens with zero attached hydrogens (tertiary/aromatic N) is 3. The average molecular weight is 412 g/mol. The molecule has 0 saturated carbocycles. The van der Waals surface area contributed by atoms with Crippen LogP contribution in [0.25, 0.3) is 0 Å². The van der Waals surface area contributed by atoms with Gasteiger partial charge >= 0.3 is 5.97 Å². The predicted molar refractivity (Wildman–Crippen MR) is 97.4 cm³/mol. The molecule has 0 unspecified atom stereocenters. The van der Waals surface area contributed by atoms with E-state index in [-0.39, 0.29) is 27.0 Å². The number of nitro groups is 2. The maximum Gasteiger partial charge on any atom is 0.336 e. The molecule has 140 valence electrons. The van der Waals surface area contributed by atoms with Crippen LogP contribution in [0.3, 0.4) is 0 Å². The highest BCUT2D eigenvalue weighted by molar-refractivity contribution is 6.33. The number of carboxylic acids is 1. The maximum absolute atomic E-state index is 10.6. The van der Waals surface area contributed by atoms with Gasteiger partial charge in [0.15, 0.2) is 0 Å². The fourth-order valence-corrected chi connectivity index (χ4v) is 2.43. The molecule has 0 spiro atoms. The molecule has 0 amide bonds. The fourth-order valence-electron chi connectivity index (χ4n) is 1.96. The Bertz CT molecular complexity index is 945. The normalized spacial score (nSPS) is 9.59. The molecule has 0 aliphatic rings. The molecule has 0 atom stereocenters. The average Bonchev–Trinajstić information content (AvgIpc) is 2.58. The molecule has 0 fully saturated rings. The third-order valence-corrected chi connectivity index (χ3v) is 3.94. The Balaban J connectivity index is 0.000000271. The molecule has 2 aromatic rings. The lowest BCUT2D eigenvalue weighted by molar-refractivity contribution is -0.384. The zero-order valence-electron chi connectivity index (χ0n) is 13.9. The lowest BCUT2D eigenvalue weighted by Crippen LogP contribution is -2.01. The van der Waals surface area contributed by atoms with Crippen molar-refractivity contribution in [1.82, 2.24) is 0 Å². The molecule has 27 heavy (non-hydrogen) atoms. The van der Waals surface area contributed by atoms with Gasteiger partial charge < -0.3 is 5.11 Å². The highest BCUT2D eigenvalue weighted by Gasteiger charge is 2.17. The first-order valence-electron chi connectivity index (χ1n) is 7.02. The lowest BCUT2D eigenvalue weighted by Gasteiger charge is -2.01. The molecule has 1 N–H and O–H groups in total. The van der Waals surface area contributed by atoms with E-state index in [0.29, 0.717) is 16.7 Å². The van der Waals surface area contributed by atoms with Gasteiger partial charge in [0.25, 0.3) is 11.4 Å². The first kappa shape index (κ1) is 21.8. The van der Waals surface area contributed by atoms with Crippen LogP contribution in [0, 0.1) is 45.4 Å². The number of aromatic carboxylic acids is 1. The zero-order chi connectivity index (χ0) is 20.9. The van der Waals surface area contributed by atoms with Crippen LogP contribution in [0.5, 0.6) is 0 Å². The fraction of sp³-hybridized carbons (Fsp3) is 0.125. The van der Waals surface area contributed by atoms with E-state index in [1.165, 1.54) is 19.1 Å². The Morgan fingerprint density at radius 3 is 1.85 bits per heavy atom. The number of nitro benzene ring substituents is 2. The van der Waals surface area contributed by atoms with Crippen LogP contribution >= 0.6 is 23.2 Å². The summed E-state index contributed by atoms with van der Waals surface area (Å²) in [4.78, 5) is 30.2. The van der Waals surface area contributed by atoms with Crippen molar-refractivity contribution in [1.29, 1.82) is 5.26 Å². The van der Waals surface area contributed by atoms with Gasteiger partial charge in [-0.25, -0.2) is 4.79 Å². The summed E-state index contributed by atoms with van der Waals surface area (Å²) in [5.41, 5.74) is 0.746. The van der Waals surface area contributed by atoms with E-state index in [0.717, 1.165) is 12.1 Å². The van der Waals surface area contributed by atoms with E-state index >= 15 is 0 Å². The van der Waals surface area contributed by atoms with Crippen molar-refractivity contribution in [3.63, 3.8) is 0 Å². The number of nitriles is 1. The second-order valence-electron chi connectivity index (χ2n) is 5.17. The summed E-state index contributed by atoms with van der Waals surface area (Å²) in [7, 11) is 0. The Morgan fingerprint density at radius 2 is 1.44 bits per heavy atom. The molecule has 9 nitrogen and oxygen atoms in total. The van der Waals surface area contributed by atoms with E-state index < -0.39 is 15.8 Å². The summed E-state index contributed by atoms with van der Waals surface area (Å²) in [6.07, 6.45) is 0. The number of rotatable bonds is 3. The second-order valence-corrected chi connectivity index (χ2v) is 5.98. The molecule has 0 heterocycles. The summed E-state index contributed by atoms with van der Waals surface area (Å²) >= 11 is 11.1. The first-order chi connectivity index (χ1) is 12.5. The third-order valence-electron chi connectivity index (χ3n) is 3.33. The number of aryl methyl sites for hydroxylation is 2. The van der Waals surface area contributed by atoms with Crippen molar-refractivity contribution in [2.24, 2.45) is 0 Å². The van der Waals surface area contributed by atoms with Gasteiger partial charge in [-0.3, -0.25) is 20.2 Å². The van der Waals surface area contributed by atoms with E-state index in [9.17, 15) is 25.0 Å². The number of carbonyl (C=O) groups is 1. The van der Waals surface area contributed by atoms with E-state index in [1.54, 1.807) is 6.92 Å². The predicted octanol–water partition coefficient (Wildman–Crippen LogP) is 4.68. The van der Waals surface area contributed by atoms with Crippen molar-refractivity contribution < 1.29 is 19.7 Å². The molecule has 0 bridgehead atoms. The lowest BCUT2D eigenvalue weighted by atomic mass is 10.1. The van der Waals surface area contributed by atoms with Gasteiger partial charge in [0.05, 0.1) is 27.0 Å². The highest BCUT2D eigenvalue weighted by Crippen LogP contribution is 2.28. The van der Waals surface area contributed by atoms with Crippen LogP contribution in [-0.4, -0.2) is 20.9 Å². The maximum atomic E-state index is 10.6. The SMILES string of the molecule is Cc1cc([N+](=O)[O-])c(Cl)cc1C#N.Cc1cc([N+](=O)[O-])c(Cl)cc1C(=O)O. The first-order valence-corrected chi connectivity index (χ1v) is 7.77. The minimum atomic E-state index is -1.15. The van der Waals surface area contributed by atoms with Crippen LogP contribution < -0.4 is 0 Å². The van der Waals surface area contributed by atoms with Gasteiger partial charge in [0.1, 0.15) is 10.0 Å². The van der Waals surface area contributed by atoms with Crippen molar-refractivity contribution in [2.45, 2.75) is 13.8 Å². The van der Waals surface area contributed by atoms with Gasteiger partial charge in [-0.15, -0.1) is 0 Å². The molecule has 0 aliphatic heterocycles. The Morgan fingerprint density at radius 1 is 1.00 bits per heavy atom. The van der Waals surface area contributed by atoms with E-state index in [1.807, 2.05) is 6.07 Å². The topological polar surface area (TPSA) is 147 Å². The molecule has 0 radical (unpaired) electrons. The Hall–Kier alpha value is -3.22. The molecule has 0 aromatic heterocycles. The van der Waals surface area contributed by atoms with Crippen molar-refractivity contribution in [3.8, 4) is 6.07 Å². The number of carboxylic acid groups (broad SMARTS) is 1. The van der Waals surface area contributed by atoms with Crippen LogP contribution in [0.2, 0.25) is 10.0 Å². The molecular formula is C16H11Cl2N3O6. The molecule has 2 aromatic carbocycles. The van der Waals surface area contributed by atoms with Crippen LogP contribution in [0.15, 0.2) is 24.3 Å². The summed E-state index contributed by atoms with van der Waals surface area (Å²) < 4.78 is 0. The van der Waals surface area contributed by atoms with Gasteiger partial charge in [0.2, 0.25) is 0 Å². The highest BCUT2D eigenvalue weighted by atomic mass is 35.5. The van der Waals surface area contributed by atoms with Crippen molar-refractivity contribution in [2.75, 3.05) is 0 Å². The number of benzene rings is 2. The smallest absolute Gasteiger partial charge is 0.336 e. The summed E-state index contributed by atoms with van der Waals surface area (Å²) in [5.74, 6) is -1.15. The summed E-state index contributed by atoms with van der Waals surface area (Å²) in [6, 6.07) is 6.71. The molecule has 0 saturated heterocycles. The second kappa shape index (κ2) is 8.93. The molecular weight excluding hydrogens is 401 g/mol. The van der Waals surface area contributed by atoms with Gasteiger partial charge in [-0.05, 0) is 37.1 Å². The van der Waals surface area contributed by atoms with Crippen LogP contribution in [0.4, 0.5) is 11.4 Å². The molecule has 2 rings (SSSR count). The number of hydrogen-bond donors (Lipinski definition) is 1. The molecule has 0 aliphatic carbocycles. The molecule has 11 heteroatoms. The standard InChI is InChI=1S/C8H5ClN2O2.C8H6ClNO4/c1-5-2-8(11(12)13)7(9)3-6(5)4-10;1-4-2-7(10(13)14)6(9)3-5(4)8(11)12/h2-3H,1H3;2-3H,1H3,(H,11,12). The monoisotopic (exact) mass is 411 g/mol. The van der Waals surface area contributed by atoms with Crippen molar-refractivity contribution >= 4 is 40.5 Å². The van der Waals surface area contributed by atoms with Gasteiger partial charge in [-0.2, -0.15) is 5.26 Å². The summed E-state index contributed by atoms with van der Waals surface area (Å²) in [6.45, 7) is 3.11. The van der Waals surface area contributed by atoms with Gasteiger partial charge in [-0.1, -0.05) is 23.2 Å². The van der Waals surface area contributed by atoms with Crippen molar-refractivity contribution in [3.05, 3.63) is 76.8 Å². The minimum absolute atomic E-state index is 0.00727. The van der Waals surface area contributed by atoms with Crippen LogP contribution in [0.1, 0.15) is 27.0 Å². The number of halogens is 2. The summed E-state index contributed by atoms with van der Waals surface area (Å²) in [5, 5.41) is 37.9. The van der Waals surface area contributed by atoms with E-state index in [2.05, 4.69) is 0 Å². The minimum Gasteiger partial charge on any atom is -0.478 e. The quantitative estimate of drug-likeness (QED) is 0.568. The Labute approximate surface area is 162 Å².